The molecule has 1 aromatic rings. The smallest absolute Gasteiger partial charge is 0.254 e. The summed E-state index contributed by atoms with van der Waals surface area (Å²) in [7, 11) is 1.56. The van der Waals surface area contributed by atoms with E-state index >= 15 is 0 Å². The first-order valence-corrected chi connectivity index (χ1v) is 7.73. The first-order valence-electron chi connectivity index (χ1n) is 7.73. The fourth-order valence-electron chi connectivity index (χ4n) is 3.08. The van der Waals surface area contributed by atoms with Gasteiger partial charge in [0.2, 0.25) is 5.75 Å². The molecular weight excluding hydrogens is 284 g/mol. The van der Waals surface area contributed by atoms with E-state index in [-0.39, 0.29) is 11.9 Å². The van der Waals surface area contributed by atoms with Crippen molar-refractivity contribution in [3.63, 3.8) is 0 Å². The Bertz CT molecular complexity index is 544. The minimum atomic E-state index is -0.0228. The first kappa shape index (κ1) is 15.0. The number of hydrogen-bond donors (Lipinski definition) is 1. The van der Waals surface area contributed by atoms with Gasteiger partial charge in [0.15, 0.2) is 11.5 Å². The van der Waals surface area contributed by atoms with E-state index in [1.165, 1.54) is 0 Å². The number of piperidine rings is 1. The van der Waals surface area contributed by atoms with E-state index in [1.807, 2.05) is 4.90 Å². The molecule has 1 unspecified atom stereocenters. The maximum atomic E-state index is 12.8. The predicted molar refractivity (Wildman–Crippen MR) is 81.7 cm³/mol. The summed E-state index contributed by atoms with van der Waals surface area (Å²) >= 11 is 0. The van der Waals surface area contributed by atoms with Crippen LogP contribution in [-0.2, 0) is 0 Å². The lowest BCUT2D eigenvalue weighted by atomic mass is 10.0. The van der Waals surface area contributed by atoms with Crippen LogP contribution in [-0.4, -0.2) is 50.3 Å². The maximum absolute atomic E-state index is 12.8. The number of amides is 1. The Morgan fingerprint density at radius 3 is 2.95 bits per heavy atom. The molecule has 0 bridgehead atoms. The van der Waals surface area contributed by atoms with Gasteiger partial charge in [-0.1, -0.05) is 0 Å². The molecule has 22 heavy (non-hydrogen) atoms. The van der Waals surface area contributed by atoms with E-state index in [2.05, 4.69) is 0 Å². The summed E-state index contributed by atoms with van der Waals surface area (Å²) in [4.78, 5) is 14.7. The summed E-state index contributed by atoms with van der Waals surface area (Å²) in [6.45, 7) is 2.20. The lowest BCUT2D eigenvalue weighted by molar-refractivity contribution is 0.0621. The zero-order chi connectivity index (χ0) is 15.5. The lowest BCUT2D eigenvalue weighted by Gasteiger charge is -2.35. The number of nitrogens with two attached hydrogens (primary N) is 1. The monoisotopic (exact) mass is 306 g/mol. The predicted octanol–water partition coefficient (Wildman–Crippen LogP) is 1.42. The minimum Gasteiger partial charge on any atom is -0.493 e. The quantitative estimate of drug-likeness (QED) is 0.914. The SMILES string of the molecule is COc1cc(C(=O)N2CCCCC2CN)cc2c1OCCO2. The van der Waals surface area contributed by atoms with Gasteiger partial charge in [0, 0.05) is 24.7 Å². The van der Waals surface area contributed by atoms with Gasteiger partial charge < -0.3 is 24.8 Å². The van der Waals surface area contributed by atoms with Crippen LogP contribution < -0.4 is 19.9 Å². The molecule has 0 radical (unpaired) electrons. The van der Waals surface area contributed by atoms with Crippen molar-refractivity contribution in [2.45, 2.75) is 25.3 Å². The number of fused-ring (bicyclic) bond motifs is 1. The third-order valence-electron chi connectivity index (χ3n) is 4.24. The summed E-state index contributed by atoms with van der Waals surface area (Å²) in [5.41, 5.74) is 6.37. The van der Waals surface area contributed by atoms with E-state index in [9.17, 15) is 4.79 Å². The molecule has 1 aromatic carbocycles. The van der Waals surface area contributed by atoms with Crippen LogP contribution in [0.5, 0.6) is 17.2 Å². The molecule has 0 saturated carbocycles. The Kier molecular flexibility index (Phi) is 4.38. The summed E-state index contributed by atoms with van der Waals surface area (Å²) in [5.74, 6) is 1.64. The number of nitrogens with zero attached hydrogens (tertiary/aromatic N) is 1. The van der Waals surface area contributed by atoms with Gasteiger partial charge in [-0.15, -0.1) is 0 Å². The Morgan fingerprint density at radius 2 is 2.18 bits per heavy atom. The topological polar surface area (TPSA) is 74.0 Å². The third-order valence-corrected chi connectivity index (χ3v) is 4.24. The van der Waals surface area contributed by atoms with Gasteiger partial charge in [-0.25, -0.2) is 0 Å². The number of rotatable bonds is 3. The molecule has 120 valence electrons. The van der Waals surface area contributed by atoms with Crippen molar-refractivity contribution in [1.29, 1.82) is 0 Å². The number of carbonyl (C=O) groups excluding carboxylic acids is 1. The molecule has 6 nitrogen and oxygen atoms in total. The standard InChI is InChI=1S/C16H22N2O4/c1-20-13-8-11(9-14-15(13)22-7-6-21-14)16(19)18-5-3-2-4-12(18)10-17/h8-9,12H,2-7,10,17H2,1H3. The fraction of sp³-hybridized carbons (Fsp3) is 0.562. The number of hydrogen-bond acceptors (Lipinski definition) is 5. The molecule has 1 saturated heterocycles. The maximum Gasteiger partial charge on any atom is 0.254 e. The number of carbonyl (C=O) groups is 1. The Morgan fingerprint density at radius 1 is 1.36 bits per heavy atom. The second kappa shape index (κ2) is 6.44. The van der Waals surface area contributed by atoms with Crippen molar-refractivity contribution in [2.75, 3.05) is 33.4 Å². The van der Waals surface area contributed by atoms with Crippen molar-refractivity contribution >= 4 is 5.91 Å². The highest BCUT2D eigenvalue weighted by molar-refractivity contribution is 5.96. The second-order valence-corrected chi connectivity index (χ2v) is 5.59. The zero-order valence-electron chi connectivity index (χ0n) is 12.8. The van der Waals surface area contributed by atoms with Crippen LogP contribution in [0.4, 0.5) is 0 Å². The van der Waals surface area contributed by atoms with Gasteiger partial charge in [-0.3, -0.25) is 4.79 Å². The molecule has 0 aliphatic carbocycles. The molecule has 1 fully saturated rings. The van der Waals surface area contributed by atoms with Gasteiger partial charge in [0.25, 0.3) is 5.91 Å². The normalized spacial score (nSPS) is 20.6. The van der Waals surface area contributed by atoms with E-state index < -0.39 is 0 Å². The molecule has 1 atom stereocenters. The Balaban J connectivity index is 1.91. The highest BCUT2D eigenvalue weighted by atomic mass is 16.6. The zero-order valence-corrected chi connectivity index (χ0v) is 12.8. The molecule has 1 amide bonds. The first-order chi connectivity index (χ1) is 10.7. The number of methoxy groups -OCH3 is 1. The van der Waals surface area contributed by atoms with Crippen molar-refractivity contribution in [1.82, 2.24) is 4.90 Å². The van der Waals surface area contributed by atoms with Gasteiger partial charge in [-0.2, -0.15) is 0 Å². The summed E-state index contributed by atoms with van der Waals surface area (Å²) in [5, 5.41) is 0. The Hall–Kier alpha value is -1.95. The van der Waals surface area contributed by atoms with Crippen LogP contribution in [0.3, 0.4) is 0 Å². The van der Waals surface area contributed by atoms with Gasteiger partial charge >= 0.3 is 0 Å². The molecule has 2 heterocycles. The number of ether oxygens (including phenoxy) is 3. The van der Waals surface area contributed by atoms with E-state index in [0.717, 1.165) is 25.8 Å². The third kappa shape index (κ3) is 2.70. The van der Waals surface area contributed by atoms with Crippen LogP contribution in [0.2, 0.25) is 0 Å². The molecule has 6 heteroatoms. The molecule has 3 rings (SSSR count). The van der Waals surface area contributed by atoms with Crippen molar-refractivity contribution in [2.24, 2.45) is 5.73 Å². The molecule has 0 spiro atoms. The van der Waals surface area contributed by atoms with E-state index in [1.54, 1.807) is 19.2 Å². The Labute approximate surface area is 130 Å². The summed E-state index contributed by atoms with van der Waals surface area (Å²) in [6.07, 6.45) is 3.10. The van der Waals surface area contributed by atoms with Crippen LogP contribution in [0.25, 0.3) is 0 Å². The second-order valence-electron chi connectivity index (χ2n) is 5.59. The van der Waals surface area contributed by atoms with Crippen LogP contribution in [0, 0.1) is 0 Å². The van der Waals surface area contributed by atoms with E-state index in [4.69, 9.17) is 19.9 Å². The lowest BCUT2D eigenvalue weighted by Crippen LogP contribution is -2.47. The molecule has 2 aliphatic rings. The molecular formula is C16H22N2O4. The number of benzene rings is 1. The van der Waals surface area contributed by atoms with Crippen molar-refractivity contribution < 1.29 is 19.0 Å². The minimum absolute atomic E-state index is 0.0228. The highest BCUT2D eigenvalue weighted by Crippen LogP contribution is 2.40. The average molecular weight is 306 g/mol. The largest absolute Gasteiger partial charge is 0.493 e. The fourth-order valence-corrected chi connectivity index (χ4v) is 3.08. The van der Waals surface area contributed by atoms with Crippen LogP contribution in [0.15, 0.2) is 12.1 Å². The molecule has 2 aliphatic heterocycles. The van der Waals surface area contributed by atoms with Gasteiger partial charge in [0.1, 0.15) is 13.2 Å². The average Bonchev–Trinajstić information content (AvgIpc) is 2.60. The van der Waals surface area contributed by atoms with Gasteiger partial charge in [0.05, 0.1) is 7.11 Å². The summed E-state index contributed by atoms with van der Waals surface area (Å²) < 4.78 is 16.5. The number of likely N-dealkylation sites (tertiary alicyclic amines) is 1. The van der Waals surface area contributed by atoms with Gasteiger partial charge in [-0.05, 0) is 31.4 Å². The highest BCUT2D eigenvalue weighted by Gasteiger charge is 2.28. The van der Waals surface area contributed by atoms with Crippen LogP contribution >= 0.6 is 0 Å². The van der Waals surface area contributed by atoms with Crippen molar-refractivity contribution in [3.05, 3.63) is 17.7 Å². The molecule has 0 aromatic heterocycles. The van der Waals surface area contributed by atoms with Crippen LogP contribution in [0.1, 0.15) is 29.6 Å². The van der Waals surface area contributed by atoms with E-state index in [0.29, 0.717) is 42.6 Å². The summed E-state index contributed by atoms with van der Waals surface area (Å²) in [6, 6.07) is 3.57. The molecule has 2 N–H and O–H groups in total. The van der Waals surface area contributed by atoms with Crippen molar-refractivity contribution in [3.8, 4) is 17.2 Å².